The summed E-state index contributed by atoms with van der Waals surface area (Å²) in [6, 6.07) is 19.8. The Hall–Kier alpha value is -4.93. The fraction of sp³-hybridized carbons (Fsp3) is 0.400. The highest BCUT2D eigenvalue weighted by molar-refractivity contribution is 5.99. The highest BCUT2D eigenvalue weighted by atomic mass is 16.6. The number of amides is 2. The van der Waals surface area contributed by atoms with Crippen molar-refractivity contribution in [2.45, 2.75) is 85.2 Å². The lowest BCUT2D eigenvalue weighted by molar-refractivity contribution is 0.0553. The summed E-state index contributed by atoms with van der Waals surface area (Å²) in [6.07, 6.45) is -0.189. The molecule has 0 bridgehead atoms. The number of benzene rings is 3. The number of aryl methyl sites for hydroxylation is 1. The van der Waals surface area contributed by atoms with Gasteiger partial charge in [0.25, 0.3) is 0 Å². The molecule has 1 aliphatic heterocycles. The van der Waals surface area contributed by atoms with Crippen molar-refractivity contribution in [3.8, 4) is 17.1 Å². The average Bonchev–Trinajstić information content (AvgIpc) is 3.64. The number of ether oxygens (including phenoxy) is 3. The van der Waals surface area contributed by atoms with E-state index in [9.17, 15) is 9.59 Å². The van der Waals surface area contributed by atoms with Crippen molar-refractivity contribution in [3.63, 3.8) is 0 Å². The van der Waals surface area contributed by atoms with Gasteiger partial charge < -0.3 is 23.6 Å². The molecular weight excluding hydrogens is 586 g/mol. The van der Waals surface area contributed by atoms with E-state index < -0.39 is 29.4 Å². The van der Waals surface area contributed by atoms with Gasteiger partial charge in [0.2, 0.25) is 17.7 Å². The number of guanidine groups is 1. The van der Waals surface area contributed by atoms with E-state index in [1.54, 1.807) is 46.4 Å². The van der Waals surface area contributed by atoms with E-state index in [0.29, 0.717) is 31.3 Å². The minimum atomic E-state index is -0.838. The van der Waals surface area contributed by atoms with Crippen molar-refractivity contribution in [2.75, 3.05) is 6.54 Å². The zero-order chi connectivity index (χ0) is 33.1. The van der Waals surface area contributed by atoms with Gasteiger partial charge in [-0.25, -0.2) is 9.59 Å². The maximum absolute atomic E-state index is 12.7. The Bertz CT molecular complexity index is 1730. The van der Waals surface area contributed by atoms with Crippen molar-refractivity contribution in [1.82, 2.24) is 20.4 Å². The molecule has 1 aromatic heterocycles. The molecule has 1 fully saturated rings. The van der Waals surface area contributed by atoms with Crippen LogP contribution in [0, 0.1) is 6.92 Å². The molecule has 1 saturated heterocycles. The fourth-order valence-corrected chi connectivity index (χ4v) is 5.00. The summed E-state index contributed by atoms with van der Waals surface area (Å²) in [5, 5.41) is 8.91. The minimum absolute atomic E-state index is 0.00291. The number of alkyl carbamates (subject to hydrolysis) is 1. The first kappa shape index (κ1) is 32.5. The summed E-state index contributed by atoms with van der Waals surface area (Å²) < 4.78 is 22.6. The van der Waals surface area contributed by atoms with Gasteiger partial charge in [-0.3, -0.25) is 5.32 Å². The Labute approximate surface area is 268 Å². The number of fused-ring (bicyclic) bond motifs is 1. The molecule has 0 radical (unpaired) electrons. The summed E-state index contributed by atoms with van der Waals surface area (Å²) in [5.41, 5.74) is 1.60. The number of rotatable bonds is 5. The number of aromatic nitrogens is 2. The smallest absolute Gasteiger partial charge is 0.437 e. The van der Waals surface area contributed by atoms with Crippen LogP contribution in [0.1, 0.15) is 77.4 Å². The SMILES string of the molecule is Cc1ccc(COc2ccc3cc(-c4noc([C@@H]5CCCN5/C(=N/C(=O)OC(C)(C)C)NC(=O)OC(C)(C)C)n4)ccc3c2)cc1. The van der Waals surface area contributed by atoms with Crippen LogP contribution in [-0.2, 0) is 16.1 Å². The highest BCUT2D eigenvalue weighted by Crippen LogP contribution is 2.33. The molecule has 11 nitrogen and oxygen atoms in total. The number of hydrogen-bond donors (Lipinski definition) is 1. The van der Waals surface area contributed by atoms with Crippen LogP contribution in [-0.4, -0.2) is 50.9 Å². The van der Waals surface area contributed by atoms with Gasteiger partial charge in [-0.1, -0.05) is 53.2 Å². The normalized spacial score (nSPS) is 15.6. The number of hydrogen-bond acceptors (Lipinski definition) is 8. The Balaban J connectivity index is 1.33. The lowest BCUT2D eigenvalue weighted by Gasteiger charge is -2.27. The van der Waals surface area contributed by atoms with Crippen LogP contribution in [0.3, 0.4) is 0 Å². The second kappa shape index (κ2) is 13.2. The van der Waals surface area contributed by atoms with Crippen molar-refractivity contribution in [3.05, 3.63) is 77.7 Å². The van der Waals surface area contributed by atoms with Crippen molar-refractivity contribution >= 4 is 28.9 Å². The lowest BCUT2D eigenvalue weighted by Crippen LogP contribution is -2.46. The number of carbonyl (C=O) groups excluding carboxylic acids is 2. The van der Waals surface area contributed by atoms with E-state index in [1.807, 2.05) is 36.4 Å². The molecule has 11 heteroatoms. The van der Waals surface area contributed by atoms with Gasteiger partial charge in [-0.15, -0.1) is 4.99 Å². The molecule has 4 aromatic rings. The van der Waals surface area contributed by atoms with Crippen molar-refractivity contribution in [2.24, 2.45) is 4.99 Å². The molecule has 5 rings (SSSR count). The lowest BCUT2D eigenvalue weighted by atomic mass is 10.1. The van der Waals surface area contributed by atoms with E-state index in [2.05, 4.69) is 46.7 Å². The average molecular weight is 628 g/mol. The number of aliphatic imine (C=N–C) groups is 1. The molecule has 2 heterocycles. The third-order valence-electron chi connectivity index (χ3n) is 7.05. The second-order valence-electron chi connectivity index (χ2n) is 13.3. The molecule has 0 aliphatic carbocycles. The third-order valence-corrected chi connectivity index (χ3v) is 7.05. The first-order chi connectivity index (χ1) is 21.7. The molecule has 242 valence electrons. The predicted molar refractivity (Wildman–Crippen MR) is 174 cm³/mol. The Morgan fingerprint density at radius 2 is 1.65 bits per heavy atom. The monoisotopic (exact) mass is 627 g/mol. The van der Waals surface area contributed by atoms with Gasteiger partial charge >= 0.3 is 12.2 Å². The van der Waals surface area contributed by atoms with Crippen LogP contribution in [0.2, 0.25) is 0 Å². The number of carbonyl (C=O) groups is 2. The molecule has 0 spiro atoms. The third kappa shape index (κ3) is 8.62. The minimum Gasteiger partial charge on any atom is -0.489 e. The number of nitrogens with one attached hydrogen (secondary N) is 1. The molecular formula is C35H41N5O6. The molecule has 3 aromatic carbocycles. The summed E-state index contributed by atoms with van der Waals surface area (Å²) in [4.78, 5) is 36.0. The predicted octanol–water partition coefficient (Wildman–Crippen LogP) is 7.73. The van der Waals surface area contributed by atoms with Gasteiger partial charge in [0.15, 0.2) is 0 Å². The summed E-state index contributed by atoms with van der Waals surface area (Å²) in [5.74, 6) is 1.55. The van der Waals surface area contributed by atoms with Crippen LogP contribution in [0.15, 0.2) is 70.2 Å². The van der Waals surface area contributed by atoms with Crippen molar-refractivity contribution in [1.29, 1.82) is 0 Å². The van der Waals surface area contributed by atoms with E-state index in [1.165, 1.54) is 5.56 Å². The highest BCUT2D eigenvalue weighted by Gasteiger charge is 2.35. The van der Waals surface area contributed by atoms with E-state index in [-0.39, 0.29) is 5.96 Å². The molecule has 1 aliphatic rings. The summed E-state index contributed by atoms with van der Waals surface area (Å²) in [7, 11) is 0. The van der Waals surface area contributed by atoms with E-state index in [4.69, 9.17) is 23.7 Å². The summed E-state index contributed by atoms with van der Waals surface area (Å²) in [6.45, 7) is 13.5. The van der Waals surface area contributed by atoms with Crippen LogP contribution < -0.4 is 10.1 Å². The van der Waals surface area contributed by atoms with Gasteiger partial charge in [-0.2, -0.15) is 4.98 Å². The largest absolute Gasteiger partial charge is 0.489 e. The maximum atomic E-state index is 12.7. The van der Waals surface area contributed by atoms with Crippen molar-refractivity contribution < 1.29 is 28.3 Å². The number of likely N-dealkylation sites (tertiary alicyclic amines) is 1. The van der Waals surface area contributed by atoms with E-state index in [0.717, 1.165) is 34.1 Å². The second-order valence-corrected chi connectivity index (χ2v) is 13.3. The van der Waals surface area contributed by atoms with Gasteiger partial charge in [0.05, 0.1) is 0 Å². The Morgan fingerprint density at radius 3 is 2.37 bits per heavy atom. The van der Waals surface area contributed by atoms with Crippen LogP contribution in [0.5, 0.6) is 5.75 Å². The molecule has 1 atom stereocenters. The molecule has 0 unspecified atom stereocenters. The quantitative estimate of drug-likeness (QED) is 0.175. The van der Waals surface area contributed by atoms with E-state index >= 15 is 0 Å². The Kier molecular flexibility index (Phi) is 9.32. The van der Waals surface area contributed by atoms with Crippen LogP contribution >= 0.6 is 0 Å². The molecule has 2 amide bonds. The number of nitrogens with zero attached hydrogens (tertiary/aromatic N) is 4. The molecule has 46 heavy (non-hydrogen) atoms. The molecule has 0 saturated carbocycles. The zero-order valence-corrected chi connectivity index (χ0v) is 27.4. The van der Waals surface area contributed by atoms with Crippen LogP contribution in [0.4, 0.5) is 9.59 Å². The zero-order valence-electron chi connectivity index (χ0n) is 27.4. The first-order valence-electron chi connectivity index (χ1n) is 15.4. The summed E-state index contributed by atoms with van der Waals surface area (Å²) >= 11 is 0. The molecule has 1 N–H and O–H groups in total. The fourth-order valence-electron chi connectivity index (χ4n) is 5.00. The Morgan fingerprint density at radius 1 is 0.957 bits per heavy atom. The van der Waals surface area contributed by atoms with Gasteiger partial charge in [0.1, 0.15) is 29.6 Å². The van der Waals surface area contributed by atoms with Gasteiger partial charge in [0, 0.05) is 12.1 Å². The van der Waals surface area contributed by atoms with Gasteiger partial charge in [-0.05, 0) is 95.8 Å². The van der Waals surface area contributed by atoms with Crippen LogP contribution in [0.25, 0.3) is 22.2 Å². The first-order valence-corrected chi connectivity index (χ1v) is 15.4. The maximum Gasteiger partial charge on any atom is 0.437 e. The topological polar surface area (TPSA) is 128 Å². The standard InChI is InChI=1S/C35H41N5O6/c1-22-10-12-23(13-11-22)21-43-27-17-16-24-19-26(15-14-25(24)20-27)29-36-30(46-39-29)28-9-8-18-40(28)31(37-32(41)44-34(2,3)4)38-33(42)45-35(5,6)7/h10-17,19-20,28H,8-9,18,21H2,1-7H3,(H,37,38,41,42)/t28-/m0/s1.